The Morgan fingerprint density at radius 2 is 1.49 bits per heavy atom. The molecule has 248 valence electrons. The molecule has 2 amide bonds. The van der Waals surface area contributed by atoms with Crippen molar-refractivity contribution >= 4 is 43.5 Å². The fraction of sp³-hybridized carbons (Fsp3) is 0.297. The summed E-state index contributed by atoms with van der Waals surface area (Å²) >= 11 is 3.47. The van der Waals surface area contributed by atoms with E-state index in [4.69, 9.17) is 4.74 Å². The molecule has 0 aliphatic carbocycles. The number of benzene rings is 4. The number of methoxy groups -OCH3 is 1. The number of nitrogens with zero attached hydrogens (tertiary/aromatic N) is 2. The van der Waals surface area contributed by atoms with Crippen LogP contribution in [0.4, 0.5) is 5.69 Å². The molecule has 0 saturated carbocycles. The number of hydrogen-bond acceptors (Lipinski definition) is 5. The van der Waals surface area contributed by atoms with Gasteiger partial charge in [0.1, 0.15) is 18.3 Å². The van der Waals surface area contributed by atoms with Crippen molar-refractivity contribution in [1.82, 2.24) is 10.2 Å². The minimum Gasteiger partial charge on any atom is -0.495 e. The van der Waals surface area contributed by atoms with Crippen LogP contribution in [0.3, 0.4) is 0 Å². The van der Waals surface area contributed by atoms with E-state index in [9.17, 15) is 18.0 Å². The third kappa shape index (κ3) is 9.45. The predicted octanol–water partition coefficient (Wildman–Crippen LogP) is 6.68. The lowest BCUT2D eigenvalue weighted by Crippen LogP contribution is -2.53. The fourth-order valence-corrected chi connectivity index (χ4v) is 6.79. The molecular formula is C37H42BrN3O5S. The molecule has 0 aliphatic heterocycles. The molecule has 1 N–H and O–H groups in total. The number of aryl methyl sites for hydroxylation is 2. The molecule has 47 heavy (non-hydrogen) atoms. The molecule has 0 aromatic heterocycles. The molecule has 0 fully saturated rings. The highest BCUT2D eigenvalue weighted by Gasteiger charge is 2.35. The molecule has 0 aliphatic rings. The third-order valence-corrected chi connectivity index (χ3v) is 10.0. The quantitative estimate of drug-likeness (QED) is 0.157. The van der Waals surface area contributed by atoms with Crippen LogP contribution in [0.5, 0.6) is 5.75 Å². The lowest BCUT2D eigenvalue weighted by Gasteiger charge is -2.34. The lowest BCUT2D eigenvalue weighted by molar-refractivity contribution is -0.140. The van der Waals surface area contributed by atoms with Crippen LogP contribution >= 0.6 is 15.9 Å². The highest BCUT2D eigenvalue weighted by Crippen LogP contribution is 2.34. The fourth-order valence-electron chi connectivity index (χ4n) is 5.11. The number of halogens is 1. The van der Waals surface area contributed by atoms with E-state index in [1.807, 2.05) is 88.4 Å². The monoisotopic (exact) mass is 719 g/mol. The van der Waals surface area contributed by atoms with Gasteiger partial charge in [0.05, 0.1) is 17.7 Å². The van der Waals surface area contributed by atoms with Gasteiger partial charge in [0.15, 0.2) is 0 Å². The summed E-state index contributed by atoms with van der Waals surface area (Å²) in [7, 11) is -2.79. The summed E-state index contributed by atoms with van der Waals surface area (Å²) in [6.07, 6.45) is 0.242. The van der Waals surface area contributed by atoms with E-state index in [1.54, 1.807) is 24.3 Å². The number of carbonyl (C=O) groups is 2. The van der Waals surface area contributed by atoms with Gasteiger partial charge < -0.3 is 15.0 Å². The number of ether oxygens (including phenoxy) is 1. The Balaban J connectivity index is 1.84. The average molecular weight is 721 g/mol. The van der Waals surface area contributed by atoms with E-state index in [2.05, 4.69) is 21.2 Å². The van der Waals surface area contributed by atoms with E-state index in [-0.39, 0.29) is 35.4 Å². The topological polar surface area (TPSA) is 96.0 Å². The zero-order chi connectivity index (χ0) is 34.1. The number of amides is 2. The van der Waals surface area contributed by atoms with Crippen molar-refractivity contribution in [3.63, 3.8) is 0 Å². The molecule has 10 heteroatoms. The summed E-state index contributed by atoms with van der Waals surface area (Å²) in [6, 6.07) is 27.7. The van der Waals surface area contributed by atoms with Crippen LogP contribution in [0, 0.1) is 19.8 Å². The van der Waals surface area contributed by atoms with Crippen LogP contribution in [0.15, 0.2) is 106 Å². The van der Waals surface area contributed by atoms with Crippen LogP contribution in [0.1, 0.15) is 36.1 Å². The largest absolute Gasteiger partial charge is 0.495 e. The summed E-state index contributed by atoms with van der Waals surface area (Å²) in [4.78, 5) is 30.1. The zero-order valence-corrected chi connectivity index (χ0v) is 29.8. The SMILES string of the molecule is COc1ccc(C)cc1N(CC(=O)N(Cc1ccc(Br)cc1)C(Cc1ccccc1)C(=O)NCC(C)C)S(=O)(=O)c1ccc(C)cc1. The third-order valence-electron chi connectivity index (χ3n) is 7.71. The van der Waals surface area contributed by atoms with Crippen molar-refractivity contribution in [3.8, 4) is 5.75 Å². The van der Waals surface area contributed by atoms with Gasteiger partial charge in [-0.3, -0.25) is 13.9 Å². The van der Waals surface area contributed by atoms with E-state index in [1.165, 1.54) is 24.1 Å². The summed E-state index contributed by atoms with van der Waals surface area (Å²) < 4.78 is 36.3. The van der Waals surface area contributed by atoms with Gasteiger partial charge in [-0.1, -0.05) is 96.0 Å². The summed E-state index contributed by atoms with van der Waals surface area (Å²) in [5.74, 6) is -0.355. The minimum atomic E-state index is -4.25. The van der Waals surface area contributed by atoms with Gasteiger partial charge >= 0.3 is 0 Å². The smallest absolute Gasteiger partial charge is 0.264 e. The normalized spacial score (nSPS) is 12.0. The van der Waals surface area contributed by atoms with Crippen molar-refractivity contribution in [2.24, 2.45) is 5.92 Å². The Labute approximate surface area is 286 Å². The Kier molecular flexibility index (Phi) is 12.2. The van der Waals surface area contributed by atoms with E-state index >= 15 is 0 Å². The Hall–Kier alpha value is -4.15. The first kappa shape index (κ1) is 35.7. The number of hydrogen-bond donors (Lipinski definition) is 1. The Bertz CT molecular complexity index is 1760. The van der Waals surface area contributed by atoms with Gasteiger partial charge in [0.2, 0.25) is 11.8 Å². The maximum atomic E-state index is 14.7. The van der Waals surface area contributed by atoms with Crippen molar-refractivity contribution in [2.45, 2.75) is 51.6 Å². The zero-order valence-electron chi connectivity index (χ0n) is 27.4. The lowest BCUT2D eigenvalue weighted by atomic mass is 10.0. The van der Waals surface area contributed by atoms with Gasteiger partial charge in [-0.2, -0.15) is 0 Å². The van der Waals surface area contributed by atoms with E-state index in [0.717, 1.165) is 31.0 Å². The standard InChI is InChI=1S/C37H42BrN3O5S/c1-26(2)23-39-37(43)34(22-29-9-7-6-8-10-29)40(24-30-14-16-31(38)17-15-30)36(42)25-41(33-21-28(4)13-20-35(33)46-5)47(44,45)32-18-11-27(3)12-19-32/h6-21,26,34H,22-25H2,1-5H3,(H,39,43). The molecule has 8 nitrogen and oxygen atoms in total. The maximum absolute atomic E-state index is 14.7. The van der Waals surface area contributed by atoms with Crippen LogP contribution < -0.4 is 14.4 Å². The molecule has 4 rings (SSSR count). The van der Waals surface area contributed by atoms with Gasteiger partial charge in [-0.15, -0.1) is 0 Å². The summed E-state index contributed by atoms with van der Waals surface area (Å²) in [5.41, 5.74) is 3.58. The molecule has 0 bridgehead atoms. The van der Waals surface area contributed by atoms with Crippen molar-refractivity contribution < 1.29 is 22.7 Å². The average Bonchev–Trinajstić information content (AvgIpc) is 3.05. The molecule has 1 atom stereocenters. The van der Waals surface area contributed by atoms with Gasteiger partial charge in [0.25, 0.3) is 10.0 Å². The van der Waals surface area contributed by atoms with Gasteiger partial charge in [0, 0.05) is 24.0 Å². The second-order valence-corrected chi connectivity index (χ2v) is 14.8. The van der Waals surface area contributed by atoms with Gasteiger partial charge in [-0.25, -0.2) is 8.42 Å². The second kappa shape index (κ2) is 16.1. The minimum absolute atomic E-state index is 0.0365. The van der Waals surface area contributed by atoms with Gasteiger partial charge in [-0.05, 0) is 72.9 Å². The predicted molar refractivity (Wildman–Crippen MR) is 190 cm³/mol. The van der Waals surface area contributed by atoms with Crippen LogP contribution in [-0.4, -0.2) is 51.4 Å². The Morgan fingerprint density at radius 3 is 2.11 bits per heavy atom. The van der Waals surface area contributed by atoms with Crippen LogP contribution in [0.2, 0.25) is 0 Å². The number of carbonyl (C=O) groups excluding carboxylic acids is 2. The molecule has 0 heterocycles. The van der Waals surface area contributed by atoms with E-state index in [0.29, 0.717) is 12.3 Å². The summed E-state index contributed by atoms with van der Waals surface area (Å²) in [5, 5.41) is 3.01. The molecule has 0 spiro atoms. The molecule has 1 unspecified atom stereocenters. The first-order valence-corrected chi connectivity index (χ1v) is 17.7. The second-order valence-electron chi connectivity index (χ2n) is 12.0. The van der Waals surface area contributed by atoms with Crippen LogP contribution in [-0.2, 0) is 32.6 Å². The summed E-state index contributed by atoms with van der Waals surface area (Å²) in [6.45, 7) is 7.67. The number of sulfonamides is 1. The molecular weight excluding hydrogens is 678 g/mol. The van der Waals surface area contributed by atoms with Crippen molar-refractivity contribution in [1.29, 1.82) is 0 Å². The molecule has 0 radical (unpaired) electrons. The number of anilines is 1. The van der Waals surface area contributed by atoms with Crippen LogP contribution in [0.25, 0.3) is 0 Å². The number of nitrogens with one attached hydrogen (secondary N) is 1. The van der Waals surface area contributed by atoms with E-state index < -0.39 is 28.5 Å². The Morgan fingerprint density at radius 1 is 0.851 bits per heavy atom. The highest BCUT2D eigenvalue weighted by atomic mass is 79.9. The first-order valence-electron chi connectivity index (χ1n) is 15.5. The molecule has 4 aromatic carbocycles. The molecule has 4 aromatic rings. The highest BCUT2D eigenvalue weighted by molar-refractivity contribution is 9.10. The maximum Gasteiger partial charge on any atom is 0.264 e. The van der Waals surface area contributed by atoms with Crippen molar-refractivity contribution in [3.05, 3.63) is 124 Å². The first-order chi connectivity index (χ1) is 22.4. The van der Waals surface area contributed by atoms with Crippen molar-refractivity contribution in [2.75, 3.05) is 24.5 Å². The molecule has 0 saturated heterocycles. The number of rotatable bonds is 14.